The van der Waals surface area contributed by atoms with Crippen LogP contribution in [0.4, 0.5) is 14.5 Å². The van der Waals surface area contributed by atoms with Crippen LogP contribution in [0.2, 0.25) is 0 Å². The van der Waals surface area contributed by atoms with Gasteiger partial charge in [0.2, 0.25) is 0 Å². The lowest BCUT2D eigenvalue weighted by molar-refractivity contribution is 0.0785. The summed E-state index contributed by atoms with van der Waals surface area (Å²) in [4.78, 5) is 25.8. The van der Waals surface area contributed by atoms with Crippen molar-refractivity contribution >= 4 is 17.5 Å². The molecule has 2 amide bonds. The van der Waals surface area contributed by atoms with Gasteiger partial charge in [-0.1, -0.05) is 6.07 Å². The third kappa shape index (κ3) is 4.38. The maximum atomic E-state index is 13.3. The SMILES string of the molecule is CN(Cc1ccc(F)c(F)c1)C(=O)c1ccc(NC(=O)c2ccco2)cc1. The summed E-state index contributed by atoms with van der Waals surface area (Å²) in [7, 11) is 1.57. The molecule has 1 N–H and O–H groups in total. The van der Waals surface area contributed by atoms with Crippen LogP contribution < -0.4 is 5.32 Å². The molecule has 0 aliphatic rings. The third-order valence-electron chi connectivity index (χ3n) is 3.89. The summed E-state index contributed by atoms with van der Waals surface area (Å²) in [6.07, 6.45) is 1.40. The van der Waals surface area contributed by atoms with E-state index in [1.54, 1.807) is 43.4 Å². The molecule has 3 aromatic rings. The second-order valence-corrected chi connectivity index (χ2v) is 5.92. The van der Waals surface area contributed by atoms with Crippen LogP contribution in [-0.2, 0) is 6.54 Å². The molecule has 0 unspecified atom stereocenters. The number of amides is 2. The van der Waals surface area contributed by atoms with E-state index in [1.165, 1.54) is 17.2 Å². The Hall–Kier alpha value is -3.48. The van der Waals surface area contributed by atoms with Gasteiger partial charge in [-0.2, -0.15) is 0 Å². The average Bonchev–Trinajstić information content (AvgIpc) is 3.20. The molecule has 3 rings (SSSR count). The summed E-state index contributed by atoms with van der Waals surface area (Å²) in [5, 5.41) is 2.66. The average molecular weight is 370 g/mol. The summed E-state index contributed by atoms with van der Waals surface area (Å²) in [5.41, 5.74) is 1.39. The number of furan rings is 1. The zero-order valence-corrected chi connectivity index (χ0v) is 14.4. The lowest BCUT2D eigenvalue weighted by Crippen LogP contribution is -2.26. The number of carbonyl (C=O) groups is 2. The predicted octanol–water partition coefficient (Wildman–Crippen LogP) is 4.08. The molecule has 7 heteroatoms. The van der Waals surface area contributed by atoms with Crippen molar-refractivity contribution in [3.05, 3.63) is 89.4 Å². The van der Waals surface area contributed by atoms with Gasteiger partial charge in [0.05, 0.1) is 6.26 Å². The van der Waals surface area contributed by atoms with Gasteiger partial charge in [0, 0.05) is 24.8 Å². The van der Waals surface area contributed by atoms with Crippen LogP contribution in [0.3, 0.4) is 0 Å². The van der Waals surface area contributed by atoms with Gasteiger partial charge in [0.25, 0.3) is 11.8 Å². The van der Waals surface area contributed by atoms with Gasteiger partial charge in [-0.15, -0.1) is 0 Å². The van der Waals surface area contributed by atoms with Gasteiger partial charge in [-0.3, -0.25) is 9.59 Å². The Morgan fingerprint density at radius 3 is 2.41 bits per heavy atom. The Morgan fingerprint density at radius 1 is 1.04 bits per heavy atom. The molecule has 0 aliphatic carbocycles. The minimum Gasteiger partial charge on any atom is -0.459 e. The van der Waals surface area contributed by atoms with E-state index in [0.29, 0.717) is 16.8 Å². The van der Waals surface area contributed by atoms with Gasteiger partial charge in [-0.05, 0) is 54.1 Å². The van der Waals surface area contributed by atoms with Gasteiger partial charge in [-0.25, -0.2) is 8.78 Å². The molecule has 1 aromatic heterocycles. The molecule has 0 fully saturated rings. The van der Waals surface area contributed by atoms with Gasteiger partial charge in [0.15, 0.2) is 17.4 Å². The number of carbonyl (C=O) groups excluding carboxylic acids is 2. The number of benzene rings is 2. The largest absolute Gasteiger partial charge is 0.459 e. The molecule has 0 saturated heterocycles. The standard InChI is InChI=1S/C20H16F2N2O3/c1-24(12-13-4-9-16(21)17(22)11-13)20(26)14-5-7-15(8-6-14)23-19(25)18-3-2-10-27-18/h2-11H,12H2,1H3,(H,23,25). The normalized spacial score (nSPS) is 10.5. The smallest absolute Gasteiger partial charge is 0.291 e. The van der Waals surface area contributed by atoms with Crippen molar-refractivity contribution < 1.29 is 22.8 Å². The fourth-order valence-electron chi connectivity index (χ4n) is 2.50. The van der Waals surface area contributed by atoms with Crippen LogP contribution in [0.1, 0.15) is 26.5 Å². The van der Waals surface area contributed by atoms with Crippen LogP contribution in [0.5, 0.6) is 0 Å². The van der Waals surface area contributed by atoms with Crippen molar-refractivity contribution in [2.75, 3.05) is 12.4 Å². The summed E-state index contributed by atoms with van der Waals surface area (Å²) in [6.45, 7) is 0.132. The summed E-state index contributed by atoms with van der Waals surface area (Å²) in [6, 6.07) is 13.0. The highest BCUT2D eigenvalue weighted by Crippen LogP contribution is 2.15. The number of hydrogen-bond acceptors (Lipinski definition) is 3. The Kier molecular flexibility index (Phi) is 5.30. The van der Waals surface area contributed by atoms with Crippen LogP contribution in [-0.4, -0.2) is 23.8 Å². The van der Waals surface area contributed by atoms with E-state index in [1.807, 2.05) is 0 Å². The van der Waals surface area contributed by atoms with E-state index in [-0.39, 0.29) is 18.2 Å². The van der Waals surface area contributed by atoms with Crippen LogP contribution in [0, 0.1) is 11.6 Å². The van der Waals surface area contributed by atoms with Gasteiger partial charge >= 0.3 is 0 Å². The van der Waals surface area contributed by atoms with E-state index < -0.39 is 17.5 Å². The molecule has 27 heavy (non-hydrogen) atoms. The van der Waals surface area contributed by atoms with Crippen molar-refractivity contribution in [1.82, 2.24) is 4.90 Å². The zero-order valence-electron chi connectivity index (χ0n) is 14.4. The van der Waals surface area contributed by atoms with Crippen molar-refractivity contribution in [3.8, 4) is 0 Å². The minimum atomic E-state index is -0.954. The monoisotopic (exact) mass is 370 g/mol. The fourth-order valence-corrected chi connectivity index (χ4v) is 2.50. The highest BCUT2D eigenvalue weighted by Gasteiger charge is 2.14. The lowest BCUT2D eigenvalue weighted by atomic mass is 10.1. The second-order valence-electron chi connectivity index (χ2n) is 5.92. The molecule has 5 nitrogen and oxygen atoms in total. The van der Waals surface area contributed by atoms with Gasteiger partial charge in [0.1, 0.15) is 0 Å². The molecule has 0 bridgehead atoms. The molecule has 0 aliphatic heterocycles. The zero-order chi connectivity index (χ0) is 19.4. The number of halogens is 2. The number of rotatable bonds is 5. The van der Waals surface area contributed by atoms with Crippen LogP contribution in [0.25, 0.3) is 0 Å². The Morgan fingerprint density at radius 2 is 1.78 bits per heavy atom. The topological polar surface area (TPSA) is 62.6 Å². The minimum absolute atomic E-state index is 0.132. The summed E-state index contributed by atoms with van der Waals surface area (Å²) >= 11 is 0. The predicted molar refractivity (Wildman–Crippen MR) is 95.3 cm³/mol. The van der Waals surface area contributed by atoms with E-state index >= 15 is 0 Å². The number of anilines is 1. The fraction of sp³-hybridized carbons (Fsp3) is 0.100. The molecule has 138 valence electrons. The molecule has 1 heterocycles. The van der Waals surface area contributed by atoms with Crippen molar-refractivity contribution in [2.24, 2.45) is 0 Å². The molecule has 0 radical (unpaired) electrons. The Bertz CT molecular complexity index is 954. The van der Waals surface area contributed by atoms with Crippen molar-refractivity contribution in [2.45, 2.75) is 6.54 Å². The highest BCUT2D eigenvalue weighted by molar-refractivity contribution is 6.02. The molecule has 0 saturated carbocycles. The molecular weight excluding hydrogens is 354 g/mol. The first kappa shape index (κ1) is 18.3. The summed E-state index contributed by atoms with van der Waals surface area (Å²) < 4.78 is 31.3. The lowest BCUT2D eigenvalue weighted by Gasteiger charge is -2.17. The maximum absolute atomic E-state index is 13.3. The molecule has 0 atom stereocenters. The number of nitrogens with zero attached hydrogens (tertiary/aromatic N) is 1. The second kappa shape index (κ2) is 7.82. The first-order valence-electron chi connectivity index (χ1n) is 8.08. The summed E-state index contributed by atoms with van der Waals surface area (Å²) in [5.74, 6) is -2.38. The first-order chi connectivity index (χ1) is 12.9. The highest BCUT2D eigenvalue weighted by atomic mass is 19.2. The van der Waals surface area contributed by atoms with E-state index in [0.717, 1.165) is 12.1 Å². The number of hydrogen-bond donors (Lipinski definition) is 1. The van der Waals surface area contributed by atoms with Crippen LogP contribution >= 0.6 is 0 Å². The van der Waals surface area contributed by atoms with Crippen molar-refractivity contribution in [1.29, 1.82) is 0 Å². The molecular formula is C20H16F2N2O3. The van der Waals surface area contributed by atoms with Crippen LogP contribution in [0.15, 0.2) is 65.3 Å². The van der Waals surface area contributed by atoms with Crippen molar-refractivity contribution in [3.63, 3.8) is 0 Å². The quantitative estimate of drug-likeness (QED) is 0.736. The third-order valence-corrected chi connectivity index (χ3v) is 3.89. The van der Waals surface area contributed by atoms with Gasteiger partial charge < -0.3 is 14.6 Å². The van der Waals surface area contributed by atoms with E-state index in [2.05, 4.69) is 5.32 Å². The maximum Gasteiger partial charge on any atom is 0.291 e. The van der Waals surface area contributed by atoms with E-state index in [4.69, 9.17) is 4.42 Å². The molecule has 0 spiro atoms. The molecule has 2 aromatic carbocycles. The first-order valence-corrected chi connectivity index (χ1v) is 8.08. The Balaban J connectivity index is 1.64. The Labute approximate surface area is 154 Å². The number of nitrogens with one attached hydrogen (secondary N) is 1. The van der Waals surface area contributed by atoms with E-state index in [9.17, 15) is 18.4 Å².